The summed E-state index contributed by atoms with van der Waals surface area (Å²) in [7, 11) is 0. The normalized spacial score (nSPS) is 18.7. The monoisotopic (exact) mass is 296 g/mol. The third-order valence-corrected chi connectivity index (χ3v) is 4.52. The topological polar surface area (TPSA) is 32.3 Å². The van der Waals surface area contributed by atoms with Gasteiger partial charge in [-0.05, 0) is 32.2 Å². The van der Waals surface area contributed by atoms with Crippen LogP contribution in [-0.4, -0.2) is 37.0 Å². The molecule has 3 nitrogen and oxygen atoms in total. The number of hydrogen-bond acceptors (Lipinski definition) is 2. The fourth-order valence-corrected chi connectivity index (χ4v) is 3.11. The first-order chi connectivity index (χ1) is 10.3. The molecule has 0 unspecified atom stereocenters. The minimum absolute atomic E-state index is 0.233. The molecule has 0 aromatic carbocycles. The second-order valence-corrected chi connectivity index (χ2v) is 6.49. The zero-order chi connectivity index (χ0) is 15.3. The molecule has 0 bridgehead atoms. The SMILES string of the molecule is CCCCCCN(CCCCCC)C(=O)[C@@H]1CCCNC1. The van der Waals surface area contributed by atoms with E-state index in [1.54, 1.807) is 0 Å². The maximum atomic E-state index is 12.7. The van der Waals surface area contributed by atoms with E-state index in [9.17, 15) is 4.79 Å². The maximum Gasteiger partial charge on any atom is 0.226 e. The zero-order valence-electron chi connectivity index (χ0n) is 14.3. The van der Waals surface area contributed by atoms with Crippen molar-refractivity contribution in [1.29, 1.82) is 0 Å². The van der Waals surface area contributed by atoms with Gasteiger partial charge in [-0.25, -0.2) is 0 Å². The highest BCUT2D eigenvalue weighted by Crippen LogP contribution is 2.15. The smallest absolute Gasteiger partial charge is 0.226 e. The summed E-state index contributed by atoms with van der Waals surface area (Å²) in [5.41, 5.74) is 0. The number of carbonyl (C=O) groups is 1. The third-order valence-electron chi connectivity index (χ3n) is 4.52. The fraction of sp³-hybridized carbons (Fsp3) is 0.944. The Balaban J connectivity index is 2.38. The van der Waals surface area contributed by atoms with Gasteiger partial charge >= 0.3 is 0 Å². The van der Waals surface area contributed by atoms with Gasteiger partial charge in [0.1, 0.15) is 0 Å². The first kappa shape index (κ1) is 18.5. The molecule has 0 aromatic rings. The summed E-state index contributed by atoms with van der Waals surface area (Å²) in [4.78, 5) is 14.9. The summed E-state index contributed by atoms with van der Waals surface area (Å²) in [5.74, 6) is 0.645. The van der Waals surface area contributed by atoms with Crippen LogP contribution in [-0.2, 0) is 4.79 Å². The largest absolute Gasteiger partial charge is 0.342 e. The Morgan fingerprint density at radius 3 is 2.10 bits per heavy atom. The molecule has 1 aliphatic heterocycles. The van der Waals surface area contributed by atoms with Crippen LogP contribution in [0.2, 0.25) is 0 Å². The lowest BCUT2D eigenvalue weighted by Gasteiger charge is -2.30. The molecular formula is C18H36N2O. The van der Waals surface area contributed by atoms with Gasteiger partial charge in [0.15, 0.2) is 0 Å². The van der Waals surface area contributed by atoms with Crippen LogP contribution in [0.5, 0.6) is 0 Å². The van der Waals surface area contributed by atoms with Gasteiger partial charge in [-0.1, -0.05) is 52.4 Å². The zero-order valence-corrected chi connectivity index (χ0v) is 14.3. The van der Waals surface area contributed by atoms with E-state index in [0.29, 0.717) is 5.91 Å². The van der Waals surface area contributed by atoms with Crippen molar-refractivity contribution in [3.63, 3.8) is 0 Å². The van der Waals surface area contributed by atoms with Gasteiger partial charge in [0, 0.05) is 19.6 Å². The predicted molar refractivity (Wildman–Crippen MR) is 90.5 cm³/mol. The molecule has 0 spiro atoms. The van der Waals surface area contributed by atoms with Gasteiger partial charge in [0.2, 0.25) is 5.91 Å². The number of nitrogens with zero attached hydrogens (tertiary/aromatic N) is 1. The summed E-state index contributed by atoms with van der Waals surface area (Å²) >= 11 is 0. The van der Waals surface area contributed by atoms with Gasteiger partial charge in [-0.2, -0.15) is 0 Å². The van der Waals surface area contributed by atoms with Crippen molar-refractivity contribution in [3.8, 4) is 0 Å². The number of nitrogens with one attached hydrogen (secondary N) is 1. The Morgan fingerprint density at radius 1 is 1.00 bits per heavy atom. The first-order valence-corrected chi connectivity index (χ1v) is 9.29. The van der Waals surface area contributed by atoms with Crippen LogP contribution in [0.25, 0.3) is 0 Å². The first-order valence-electron chi connectivity index (χ1n) is 9.29. The number of amides is 1. The molecule has 124 valence electrons. The summed E-state index contributed by atoms with van der Waals surface area (Å²) in [5, 5.41) is 3.38. The molecule has 1 amide bonds. The fourth-order valence-electron chi connectivity index (χ4n) is 3.11. The standard InChI is InChI=1S/C18H36N2O/c1-3-5-7-9-14-20(15-10-8-6-4-2)18(21)17-12-11-13-19-16-17/h17,19H,3-16H2,1-2H3/t17-/m1/s1. The third kappa shape index (κ3) is 7.85. The average Bonchev–Trinajstić information content (AvgIpc) is 2.53. The lowest BCUT2D eigenvalue weighted by Crippen LogP contribution is -2.43. The Morgan fingerprint density at radius 2 is 1.62 bits per heavy atom. The Kier molecular flexibility index (Phi) is 10.6. The Hall–Kier alpha value is -0.570. The Labute approximate surface area is 131 Å². The van der Waals surface area contributed by atoms with E-state index in [2.05, 4.69) is 24.1 Å². The molecule has 0 saturated carbocycles. The summed E-state index contributed by atoms with van der Waals surface area (Å²) in [6.07, 6.45) is 12.2. The van der Waals surface area contributed by atoms with Crippen LogP contribution in [0.3, 0.4) is 0 Å². The molecular weight excluding hydrogens is 260 g/mol. The number of unbranched alkanes of at least 4 members (excludes halogenated alkanes) is 6. The van der Waals surface area contributed by atoms with Crippen molar-refractivity contribution in [1.82, 2.24) is 10.2 Å². The minimum Gasteiger partial charge on any atom is -0.342 e. The van der Waals surface area contributed by atoms with Gasteiger partial charge in [0.25, 0.3) is 0 Å². The van der Waals surface area contributed by atoms with Crippen molar-refractivity contribution in [2.24, 2.45) is 5.92 Å². The van der Waals surface area contributed by atoms with Crippen LogP contribution in [0, 0.1) is 5.92 Å². The molecule has 0 aromatic heterocycles. The lowest BCUT2D eigenvalue weighted by atomic mass is 9.97. The highest BCUT2D eigenvalue weighted by Gasteiger charge is 2.25. The quantitative estimate of drug-likeness (QED) is 0.585. The highest BCUT2D eigenvalue weighted by molar-refractivity contribution is 5.79. The van der Waals surface area contributed by atoms with Gasteiger partial charge in [-0.3, -0.25) is 4.79 Å². The molecule has 1 fully saturated rings. The Bertz CT molecular complexity index is 250. The van der Waals surface area contributed by atoms with Crippen molar-refractivity contribution < 1.29 is 4.79 Å². The average molecular weight is 296 g/mol. The van der Waals surface area contributed by atoms with Gasteiger partial charge in [-0.15, -0.1) is 0 Å². The lowest BCUT2D eigenvalue weighted by molar-refractivity contribution is -0.136. The van der Waals surface area contributed by atoms with Crippen LogP contribution < -0.4 is 5.32 Å². The molecule has 1 saturated heterocycles. The van der Waals surface area contributed by atoms with E-state index in [1.165, 1.54) is 51.4 Å². The van der Waals surface area contributed by atoms with E-state index in [4.69, 9.17) is 0 Å². The number of rotatable bonds is 11. The highest BCUT2D eigenvalue weighted by atomic mass is 16.2. The molecule has 3 heteroatoms. The molecule has 1 heterocycles. The molecule has 21 heavy (non-hydrogen) atoms. The summed E-state index contributed by atoms with van der Waals surface area (Å²) in [6, 6.07) is 0. The van der Waals surface area contributed by atoms with E-state index < -0.39 is 0 Å². The van der Waals surface area contributed by atoms with Crippen molar-refractivity contribution in [2.75, 3.05) is 26.2 Å². The molecule has 0 aliphatic carbocycles. The van der Waals surface area contributed by atoms with Crippen molar-refractivity contribution >= 4 is 5.91 Å². The van der Waals surface area contributed by atoms with Crippen LogP contribution in [0.1, 0.15) is 78.1 Å². The molecule has 1 atom stereocenters. The predicted octanol–water partition coefficient (Wildman–Crippen LogP) is 3.98. The summed E-state index contributed by atoms with van der Waals surface area (Å²) < 4.78 is 0. The number of piperidine rings is 1. The maximum absolute atomic E-state index is 12.7. The molecule has 1 N–H and O–H groups in total. The summed E-state index contributed by atoms with van der Waals surface area (Å²) in [6.45, 7) is 8.39. The van der Waals surface area contributed by atoms with E-state index in [0.717, 1.165) is 39.0 Å². The van der Waals surface area contributed by atoms with Crippen molar-refractivity contribution in [2.45, 2.75) is 78.1 Å². The van der Waals surface area contributed by atoms with E-state index in [1.807, 2.05) is 0 Å². The van der Waals surface area contributed by atoms with Crippen LogP contribution in [0.15, 0.2) is 0 Å². The second-order valence-electron chi connectivity index (χ2n) is 6.49. The minimum atomic E-state index is 0.233. The van der Waals surface area contributed by atoms with Crippen LogP contribution >= 0.6 is 0 Å². The molecule has 1 rings (SSSR count). The number of hydrogen-bond donors (Lipinski definition) is 1. The van der Waals surface area contributed by atoms with E-state index in [-0.39, 0.29) is 5.92 Å². The van der Waals surface area contributed by atoms with Crippen LogP contribution in [0.4, 0.5) is 0 Å². The molecule has 0 radical (unpaired) electrons. The second kappa shape index (κ2) is 12.0. The van der Waals surface area contributed by atoms with Gasteiger partial charge in [0.05, 0.1) is 5.92 Å². The number of carbonyl (C=O) groups excluding carboxylic acids is 1. The van der Waals surface area contributed by atoms with Gasteiger partial charge < -0.3 is 10.2 Å². The molecule has 1 aliphatic rings. The van der Waals surface area contributed by atoms with Crippen molar-refractivity contribution in [3.05, 3.63) is 0 Å². The van der Waals surface area contributed by atoms with E-state index >= 15 is 0 Å².